The zero-order chi connectivity index (χ0) is 24.3. The minimum absolute atomic E-state index is 0.0510. The first-order chi connectivity index (χ1) is 17.6. The van der Waals surface area contributed by atoms with Gasteiger partial charge in [0.15, 0.2) is 11.5 Å². The number of para-hydroxylation sites is 1. The van der Waals surface area contributed by atoms with Crippen molar-refractivity contribution in [3.63, 3.8) is 0 Å². The number of morpholine rings is 1. The minimum atomic E-state index is -0.599. The van der Waals surface area contributed by atoms with E-state index in [9.17, 15) is 10.0 Å². The first-order valence-electron chi connectivity index (χ1n) is 12.3. The Labute approximate surface area is 208 Å². The second-order valence-electron chi connectivity index (χ2n) is 9.86. The third-order valence-electron chi connectivity index (χ3n) is 7.82. The lowest BCUT2D eigenvalue weighted by Crippen LogP contribution is -2.47. The van der Waals surface area contributed by atoms with Crippen molar-refractivity contribution < 1.29 is 23.7 Å². The van der Waals surface area contributed by atoms with Gasteiger partial charge in [-0.05, 0) is 18.2 Å². The molecular formula is C28H26N2O6. The lowest BCUT2D eigenvalue weighted by Gasteiger charge is -2.40. The zero-order valence-corrected chi connectivity index (χ0v) is 19.8. The second-order valence-corrected chi connectivity index (χ2v) is 9.86. The van der Waals surface area contributed by atoms with Gasteiger partial charge in [0, 0.05) is 41.4 Å². The summed E-state index contributed by atoms with van der Waals surface area (Å²) < 4.78 is 22.2. The van der Waals surface area contributed by atoms with Crippen LogP contribution in [0.3, 0.4) is 0 Å². The smallest absolute Gasteiger partial charge is 0.254 e. The van der Waals surface area contributed by atoms with Gasteiger partial charge >= 0.3 is 0 Å². The Hall–Kier alpha value is -3.59. The molecule has 0 saturated carbocycles. The van der Waals surface area contributed by atoms with E-state index in [4.69, 9.17) is 18.9 Å². The summed E-state index contributed by atoms with van der Waals surface area (Å²) >= 11 is 0. The van der Waals surface area contributed by atoms with Gasteiger partial charge in [0.05, 0.1) is 13.2 Å². The standard InChI is InChI=1S/C28H26N2O6/c31-27(29-9-11-33-12-10-29)20-6-2-1-5-19(20)15-30(32)16-28(21-7-3-4-8-23(21)30)17-34-24-14-26-25(13-22(24)28)35-18-36-26/h1-8,13-14H,9-12,15-18H2. The average molecular weight is 487 g/mol. The van der Waals surface area contributed by atoms with E-state index in [1.54, 1.807) is 4.90 Å². The molecule has 8 heteroatoms. The molecule has 2 unspecified atom stereocenters. The highest BCUT2D eigenvalue weighted by molar-refractivity contribution is 5.96. The molecule has 3 aromatic carbocycles. The molecule has 4 aliphatic heterocycles. The Morgan fingerprint density at radius 2 is 1.67 bits per heavy atom. The van der Waals surface area contributed by atoms with E-state index in [0.29, 0.717) is 55.7 Å². The fourth-order valence-corrected chi connectivity index (χ4v) is 6.11. The van der Waals surface area contributed by atoms with Crippen molar-refractivity contribution >= 4 is 11.6 Å². The lowest BCUT2D eigenvalue weighted by atomic mass is 9.77. The molecule has 0 bridgehead atoms. The highest BCUT2D eigenvalue weighted by Crippen LogP contribution is 2.56. The number of nitrogens with zero attached hydrogens (tertiary/aromatic N) is 2. The number of hydrogen-bond acceptors (Lipinski definition) is 6. The summed E-state index contributed by atoms with van der Waals surface area (Å²) in [5.74, 6) is 2.01. The molecule has 3 aromatic rings. The van der Waals surface area contributed by atoms with Crippen molar-refractivity contribution in [2.75, 3.05) is 46.2 Å². The summed E-state index contributed by atoms with van der Waals surface area (Å²) in [5, 5.41) is 14.7. The van der Waals surface area contributed by atoms with Crippen LogP contribution < -0.4 is 18.9 Å². The third kappa shape index (κ3) is 3.15. The summed E-state index contributed by atoms with van der Waals surface area (Å²) in [6.07, 6.45) is 0. The quantitative estimate of drug-likeness (QED) is 0.416. The SMILES string of the molecule is O=C(c1ccccc1C[N+]1([O-])CC2(COc3cc4c(cc32)OCO4)c2ccccc21)N1CCOCC1. The summed E-state index contributed by atoms with van der Waals surface area (Å²) in [4.78, 5) is 15.2. The number of fused-ring (bicyclic) bond motifs is 5. The van der Waals surface area contributed by atoms with Gasteiger partial charge in [-0.2, -0.15) is 0 Å². The lowest BCUT2D eigenvalue weighted by molar-refractivity contribution is 0.0302. The normalized spacial score (nSPS) is 25.5. The van der Waals surface area contributed by atoms with E-state index in [0.717, 1.165) is 22.4 Å². The number of carbonyl (C=O) groups excluding carboxylic acids is 1. The van der Waals surface area contributed by atoms with Gasteiger partial charge in [0.1, 0.15) is 36.5 Å². The van der Waals surface area contributed by atoms with Crippen LogP contribution >= 0.6 is 0 Å². The second kappa shape index (κ2) is 7.96. The number of hydrogen-bond donors (Lipinski definition) is 0. The number of ether oxygens (including phenoxy) is 4. The van der Waals surface area contributed by atoms with E-state index in [-0.39, 0.29) is 25.8 Å². The van der Waals surface area contributed by atoms with Crippen molar-refractivity contribution in [1.29, 1.82) is 0 Å². The molecule has 1 amide bonds. The highest BCUT2D eigenvalue weighted by atomic mass is 16.7. The first-order valence-corrected chi connectivity index (χ1v) is 12.3. The molecule has 36 heavy (non-hydrogen) atoms. The molecule has 0 aromatic heterocycles. The zero-order valence-electron chi connectivity index (χ0n) is 19.8. The van der Waals surface area contributed by atoms with E-state index >= 15 is 0 Å². The van der Waals surface area contributed by atoms with Crippen LogP contribution in [0.25, 0.3) is 0 Å². The first kappa shape index (κ1) is 21.7. The Balaban J connectivity index is 1.28. The Morgan fingerprint density at radius 1 is 0.917 bits per heavy atom. The average Bonchev–Trinajstić information content (AvgIpc) is 3.59. The Kier molecular flexibility index (Phi) is 4.79. The molecule has 184 valence electrons. The summed E-state index contributed by atoms with van der Waals surface area (Å²) in [5.41, 5.74) is 3.36. The molecular weight excluding hydrogens is 460 g/mol. The minimum Gasteiger partial charge on any atom is -0.627 e. The van der Waals surface area contributed by atoms with Gasteiger partial charge in [-0.3, -0.25) is 4.79 Å². The van der Waals surface area contributed by atoms with Crippen LogP contribution in [-0.4, -0.2) is 57.1 Å². The molecule has 0 radical (unpaired) electrons. The largest absolute Gasteiger partial charge is 0.627 e. The molecule has 1 fully saturated rings. The van der Waals surface area contributed by atoms with E-state index in [2.05, 4.69) is 0 Å². The highest BCUT2D eigenvalue weighted by Gasteiger charge is 2.56. The van der Waals surface area contributed by atoms with Gasteiger partial charge in [-0.1, -0.05) is 36.4 Å². The number of carbonyl (C=O) groups is 1. The van der Waals surface area contributed by atoms with Gasteiger partial charge in [-0.25, -0.2) is 0 Å². The van der Waals surface area contributed by atoms with Crippen molar-refractivity contribution in [2.24, 2.45) is 0 Å². The number of hydroxylamine groups is 2. The summed E-state index contributed by atoms with van der Waals surface area (Å²) in [6, 6.07) is 19.1. The number of benzene rings is 3. The number of quaternary nitrogens is 1. The molecule has 4 aliphatic rings. The van der Waals surface area contributed by atoms with Gasteiger partial charge < -0.3 is 33.7 Å². The van der Waals surface area contributed by atoms with Crippen LogP contribution in [0, 0.1) is 5.21 Å². The van der Waals surface area contributed by atoms with Crippen molar-refractivity contribution in [1.82, 2.24) is 9.55 Å². The van der Waals surface area contributed by atoms with Crippen LogP contribution in [0.4, 0.5) is 5.69 Å². The van der Waals surface area contributed by atoms with Gasteiger partial charge in [0.25, 0.3) is 5.91 Å². The monoisotopic (exact) mass is 486 g/mol. The molecule has 1 saturated heterocycles. The molecule has 1 spiro atoms. The third-order valence-corrected chi connectivity index (χ3v) is 7.82. The molecule has 4 heterocycles. The summed E-state index contributed by atoms with van der Waals surface area (Å²) in [7, 11) is 0. The molecule has 0 N–H and O–H groups in total. The Bertz CT molecular complexity index is 1370. The maximum absolute atomic E-state index is 14.7. The van der Waals surface area contributed by atoms with Crippen LogP contribution in [0.1, 0.15) is 27.0 Å². The molecule has 2 atom stereocenters. The molecule has 8 nitrogen and oxygen atoms in total. The van der Waals surface area contributed by atoms with Crippen molar-refractivity contribution in [2.45, 2.75) is 12.0 Å². The van der Waals surface area contributed by atoms with E-state index < -0.39 is 10.1 Å². The Morgan fingerprint density at radius 3 is 2.53 bits per heavy atom. The fourth-order valence-electron chi connectivity index (χ4n) is 6.11. The summed E-state index contributed by atoms with van der Waals surface area (Å²) in [6.45, 7) is 3.16. The van der Waals surface area contributed by atoms with E-state index in [1.165, 1.54) is 0 Å². The predicted octanol–water partition coefficient (Wildman–Crippen LogP) is 3.59. The van der Waals surface area contributed by atoms with Crippen LogP contribution in [0.5, 0.6) is 17.2 Å². The molecule has 7 rings (SSSR count). The van der Waals surface area contributed by atoms with Crippen LogP contribution in [-0.2, 0) is 16.7 Å². The maximum atomic E-state index is 14.7. The number of amides is 1. The number of rotatable bonds is 3. The van der Waals surface area contributed by atoms with Crippen molar-refractivity contribution in [3.8, 4) is 17.2 Å². The fraction of sp³-hybridized carbons (Fsp3) is 0.321. The van der Waals surface area contributed by atoms with Crippen LogP contribution in [0.2, 0.25) is 0 Å². The van der Waals surface area contributed by atoms with Gasteiger partial charge in [-0.15, -0.1) is 0 Å². The van der Waals surface area contributed by atoms with E-state index in [1.807, 2.05) is 60.7 Å². The van der Waals surface area contributed by atoms with Crippen LogP contribution in [0.15, 0.2) is 60.7 Å². The van der Waals surface area contributed by atoms with Crippen molar-refractivity contribution in [3.05, 3.63) is 88.1 Å². The van der Waals surface area contributed by atoms with Gasteiger partial charge in [0.2, 0.25) is 6.79 Å². The molecule has 0 aliphatic carbocycles. The predicted molar refractivity (Wildman–Crippen MR) is 132 cm³/mol. The maximum Gasteiger partial charge on any atom is 0.254 e. The topological polar surface area (TPSA) is 80.3 Å².